The van der Waals surface area contributed by atoms with Gasteiger partial charge in [-0.1, -0.05) is 12.1 Å². The lowest BCUT2D eigenvalue weighted by Crippen LogP contribution is -2.49. The van der Waals surface area contributed by atoms with Crippen molar-refractivity contribution >= 4 is 5.69 Å². The molecule has 6 nitrogen and oxygen atoms in total. The molecule has 2 aromatic carbocycles. The van der Waals surface area contributed by atoms with E-state index >= 15 is 0 Å². The molecule has 0 aromatic heterocycles. The van der Waals surface area contributed by atoms with Gasteiger partial charge in [0.15, 0.2) is 11.5 Å². The summed E-state index contributed by atoms with van der Waals surface area (Å²) in [6.45, 7) is 2.69. The second kappa shape index (κ2) is 10.5. The van der Waals surface area contributed by atoms with Gasteiger partial charge in [-0.25, -0.2) is 8.78 Å². The first-order valence-corrected chi connectivity index (χ1v) is 12.7. The number of ether oxygens (including phenoxy) is 2. The zero-order valence-electron chi connectivity index (χ0n) is 20.6. The summed E-state index contributed by atoms with van der Waals surface area (Å²) in [5.74, 6) is -1.90. The Morgan fingerprint density at radius 1 is 1.14 bits per heavy atom. The van der Waals surface area contributed by atoms with Gasteiger partial charge in [0.25, 0.3) is 5.92 Å². The van der Waals surface area contributed by atoms with Crippen molar-refractivity contribution in [1.29, 1.82) is 0 Å². The number of halogens is 3. The number of rotatable bonds is 9. The number of nitrogens with zero attached hydrogens (tertiary/aromatic N) is 2. The van der Waals surface area contributed by atoms with Crippen molar-refractivity contribution in [1.82, 2.24) is 9.80 Å². The number of aliphatic hydroxyl groups is 1. The van der Waals surface area contributed by atoms with Crippen molar-refractivity contribution in [3.05, 3.63) is 53.1 Å². The van der Waals surface area contributed by atoms with Gasteiger partial charge in [0.1, 0.15) is 6.61 Å². The standard InChI is InChI=1S/C27H34F3N3O3/c1-18-11-20-12-24-25(36-17-35-24)13-23(20)26(33(18)15-27(29,30)16-34)19-3-5-21(6-4-19)31-22-7-10-32(14-22)9-2-8-28/h3-6,12-13,18,22,26,31,34H,2,7-11,14-17H2,1H3/t18-,22+,26-/m1/s1. The van der Waals surface area contributed by atoms with Gasteiger partial charge < -0.3 is 24.8 Å². The van der Waals surface area contributed by atoms with Crippen LogP contribution in [0.15, 0.2) is 36.4 Å². The summed E-state index contributed by atoms with van der Waals surface area (Å²) in [4.78, 5) is 4.05. The average molecular weight is 506 g/mol. The lowest BCUT2D eigenvalue weighted by Gasteiger charge is -2.43. The van der Waals surface area contributed by atoms with E-state index in [1.54, 1.807) is 4.90 Å². The summed E-state index contributed by atoms with van der Waals surface area (Å²) in [6, 6.07) is 11.6. The Kier molecular flexibility index (Phi) is 7.32. The van der Waals surface area contributed by atoms with E-state index in [0.717, 1.165) is 48.4 Å². The number of alkyl halides is 3. The molecular weight excluding hydrogens is 471 g/mol. The molecule has 2 N–H and O–H groups in total. The number of hydrogen-bond donors (Lipinski definition) is 2. The van der Waals surface area contributed by atoms with Gasteiger partial charge in [-0.05, 0) is 67.1 Å². The Morgan fingerprint density at radius 2 is 1.89 bits per heavy atom. The summed E-state index contributed by atoms with van der Waals surface area (Å²) in [6.07, 6.45) is 2.16. The summed E-state index contributed by atoms with van der Waals surface area (Å²) < 4.78 is 52.5. The van der Waals surface area contributed by atoms with Crippen LogP contribution in [0, 0.1) is 0 Å². The third kappa shape index (κ3) is 5.28. The highest BCUT2D eigenvalue weighted by molar-refractivity contribution is 5.54. The van der Waals surface area contributed by atoms with E-state index in [-0.39, 0.29) is 19.5 Å². The number of hydrogen-bond acceptors (Lipinski definition) is 6. The van der Waals surface area contributed by atoms with Crippen molar-refractivity contribution in [3.8, 4) is 11.5 Å². The van der Waals surface area contributed by atoms with Crippen LogP contribution >= 0.6 is 0 Å². The van der Waals surface area contributed by atoms with Crippen LogP contribution < -0.4 is 14.8 Å². The molecule has 3 aliphatic rings. The van der Waals surface area contributed by atoms with Crippen molar-refractivity contribution in [2.24, 2.45) is 0 Å². The molecule has 0 spiro atoms. The zero-order chi connectivity index (χ0) is 25.3. The van der Waals surface area contributed by atoms with Crippen LogP contribution in [0.5, 0.6) is 11.5 Å². The molecule has 5 rings (SSSR count). The van der Waals surface area contributed by atoms with Gasteiger partial charge >= 0.3 is 0 Å². The predicted molar refractivity (Wildman–Crippen MR) is 132 cm³/mol. The number of likely N-dealkylation sites (tertiary alicyclic amines) is 1. The first kappa shape index (κ1) is 25.2. The highest BCUT2D eigenvalue weighted by Crippen LogP contribution is 2.45. The Morgan fingerprint density at radius 3 is 2.61 bits per heavy atom. The van der Waals surface area contributed by atoms with E-state index < -0.39 is 25.1 Å². The van der Waals surface area contributed by atoms with E-state index in [0.29, 0.717) is 30.4 Å². The van der Waals surface area contributed by atoms with Crippen LogP contribution in [-0.2, 0) is 6.42 Å². The minimum Gasteiger partial charge on any atom is -0.454 e. The van der Waals surface area contributed by atoms with Gasteiger partial charge in [-0.15, -0.1) is 0 Å². The highest BCUT2D eigenvalue weighted by atomic mass is 19.3. The fourth-order valence-electron chi connectivity index (χ4n) is 5.67. The molecule has 3 atom stereocenters. The SMILES string of the molecule is C[C@@H]1Cc2cc3c(cc2[C@@H](c2ccc(N[C@H]4CCN(CCCF)C4)cc2)N1CC(F)(F)CO)OCO3. The molecule has 3 aliphatic heterocycles. The smallest absolute Gasteiger partial charge is 0.283 e. The fourth-order valence-corrected chi connectivity index (χ4v) is 5.67. The first-order chi connectivity index (χ1) is 17.4. The monoisotopic (exact) mass is 505 g/mol. The van der Waals surface area contributed by atoms with Crippen LogP contribution in [-0.4, -0.2) is 79.2 Å². The predicted octanol–water partition coefficient (Wildman–Crippen LogP) is 4.22. The van der Waals surface area contributed by atoms with Gasteiger partial charge in [0.05, 0.1) is 19.3 Å². The van der Waals surface area contributed by atoms with Crippen LogP contribution in [0.3, 0.4) is 0 Å². The molecule has 0 amide bonds. The van der Waals surface area contributed by atoms with Crippen LogP contribution in [0.1, 0.15) is 42.5 Å². The second-order valence-electron chi connectivity index (χ2n) is 10.1. The van der Waals surface area contributed by atoms with Gasteiger partial charge in [-0.3, -0.25) is 9.29 Å². The Hall–Kier alpha value is -2.49. The minimum absolute atomic E-state index is 0.150. The fraction of sp³-hybridized carbons (Fsp3) is 0.556. The lowest BCUT2D eigenvalue weighted by atomic mass is 9.84. The quantitative estimate of drug-likeness (QED) is 0.532. The molecule has 196 valence electrons. The summed E-state index contributed by atoms with van der Waals surface area (Å²) in [5.41, 5.74) is 3.85. The molecule has 1 fully saturated rings. The molecule has 0 saturated carbocycles. The Labute approximate surface area is 210 Å². The van der Waals surface area contributed by atoms with Gasteiger partial charge in [0, 0.05) is 37.4 Å². The van der Waals surface area contributed by atoms with Crippen LogP contribution in [0.4, 0.5) is 18.9 Å². The lowest BCUT2D eigenvalue weighted by molar-refractivity contribution is -0.0862. The van der Waals surface area contributed by atoms with Crippen molar-refractivity contribution in [2.45, 2.75) is 50.2 Å². The number of nitrogens with one attached hydrogen (secondary N) is 1. The maximum atomic E-state index is 14.4. The van der Waals surface area contributed by atoms with Crippen LogP contribution in [0.2, 0.25) is 0 Å². The van der Waals surface area contributed by atoms with E-state index in [2.05, 4.69) is 10.2 Å². The third-order valence-corrected chi connectivity index (χ3v) is 7.46. The van der Waals surface area contributed by atoms with Crippen LogP contribution in [0.25, 0.3) is 0 Å². The van der Waals surface area contributed by atoms with E-state index in [9.17, 15) is 18.3 Å². The zero-order valence-corrected chi connectivity index (χ0v) is 20.6. The molecular formula is C27H34F3N3O3. The normalized spacial score (nSPS) is 24.2. The largest absolute Gasteiger partial charge is 0.454 e. The van der Waals surface area contributed by atoms with Gasteiger partial charge in [0.2, 0.25) is 6.79 Å². The molecule has 36 heavy (non-hydrogen) atoms. The van der Waals surface area contributed by atoms with E-state index in [1.165, 1.54) is 0 Å². The first-order valence-electron chi connectivity index (χ1n) is 12.7. The molecule has 0 unspecified atom stereocenters. The highest BCUT2D eigenvalue weighted by Gasteiger charge is 2.41. The second-order valence-corrected chi connectivity index (χ2v) is 10.1. The maximum absolute atomic E-state index is 14.4. The minimum atomic E-state index is -3.21. The van der Waals surface area contributed by atoms with Gasteiger partial charge in [-0.2, -0.15) is 0 Å². The topological polar surface area (TPSA) is 57.2 Å². The Bertz CT molecular complexity index is 1050. The molecule has 0 bridgehead atoms. The number of fused-ring (bicyclic) bond motifs is 2. The van der Waals surface area contributed by atoms with Crippen molar-refractivity contribution < 1.29 is 27.8 Å². The number of benzene rings is 2. The molecule has 3 heterocycles. The van der Waals surface area contributed by atoms with Crippen molar-refractivity contribution in [2.75, 3.05) is 51.6 Å². The van der Waals surface area contributed by atoms with E-state index in [4.69, 9.17) is 9.47 Å². The molecule has 2 aromatic rings. The molecule has 0 aliphatic carbocycles. The number of aliphatic hydroxyl groups excluding tert-OH is 1. The Balaban J connectivity index is 1.40. The molecule has 9 heteroatoms. The molecule has 0 radical (unpaired) electrons. The number of anilines is 1. The summed E-state index contributed by atoms with van der Waals surface area (Å²) in [7, 11) is 0. The maximum Gasteiger partial charge on any atom is 0.283 e. The third-order valence-electron chi connectivity index (χ3n) is 7.46. The summed E-state index contributed by atoms with van der Waals surface area (Å²) in [5, 5.41) is 12.8. The van der Waals surface area contributed by atoms with Crippen molar-refractivity contribution in [3.63, 3.8) is 0 Å². The summed E-state index contributed by atoms with van der Waals surface area (Å²) >= 11 is 0. The average Bonchev–Trinajstić information content (AvgIpc) is 3.51. The molecule has 1 saturated heterocycles. The van der Waals surface area contributed by atoms with E-state index in [1.807, 2.05) is 43.3 Å².